The molecule has 0 aromatic carbocycles. The van der Waals surface area contributed by atoms with Crippen LogP contribution in [0.15, 0.2) is 6.20 Å². The molecule has 0 fully saturated rings. The number of hydrogen-bond donors (Lipinski definition) is 1. The summed E-state index contributed by atoms with van der Waals surface area (Å²) in [6, 6.07) is 0. The minimum atomic E-state index is 0.550. The van der Waals surface area contributed by atoms with Crippen molar-refractivity contribution in [3.8, 4) is 0 Å². The van der Waals surface area contributed by atoms with Crippen molar-refractivity contribution in [3.63, 3.8) is 0 Å². The number of hydrogen-bond acceptors (Lipinski definition) is 4. The monoisotopic (exact) mass is 161 g/mol. The van der Waals surface area contributed by atoms with E-state index in [0.717, 1.165) is 9.88 Å². The lowest BCUT2D eigenvalue weighted by atomic mass is 10.6. The van der Waals surface area contributed by atoms with E-state index in [9.17, 15) is 0 Å². The van der Waals surface area contributed by atoms with Crippen LogP contribution in [0, 0.1) is 6.92 Å². The van der Waals surface area contributed by atoms with Gasteiger partial charge in [0.05, 0.1) is 16.5 Å². The van der Waals surface area contributed by atoms with Crippen molar-refractivity contribution in [2.75, 3.05) is 0 Å². The Morgan fingerprint density at radius 2 is 2.67 bits per heavy atom. The molecule has 0 amide bonds. The number of aryl methyl sites for hydroxylation is 1. The molecule has 1 rings (SSSR count). The van der Waals surface area contributed by atoms with E-state index in [0.29, 0.717) is 6.61 Å². The molecule has 9 heavy (non-hydrogen) atoms. The molecular weight excluding hydrogens is 154 g/mol. The third-order valence-corrected chi connectivity index (χ3v) is 1.89. The van der Waals surface area contributed by atoms with Crippen LogP contribution in [-0.2, 0) is 10.8 Å². The Hall–Kier alpha value is -0.0600. The molecule has 0 N–H and O–H groups in total. The van der Waals surface area contributed by atoms with E-state index in [4.69, 9.17) is 0 Å². The molecule has 1 heterocycles. The smallest absolute Gasteiger partial charge is 0.0969 e. The molecule has 1 aromatic heterocycles. The van der Waals surface area contributed by atoms with E-state index in [2.05, 4.69) is 22.1 Å². The number of thiol groups is 1. The average Bonchev–Trinajstić information content (AvgIpc) is 2.17. The molecule has 0 bridgehead atoms. The summed E-state index contributed by atoms with van der Waals surface area (Å²) in [5, 5.41) is 1.07. The van der Waals surface area contributed by atoms with Gasteiger partial charge < -0.3 is 4.18 Å². The molecule has 0 aliphatic carbocycles. The topological polar surface area (TPSA) is 22.1 Å². The maximum Gasteiger partial charge on any atom is 0.0969 e. The first-order valence-electron chi connectivity index (χ1n) is 2.50. The molecule has 0 atom stereocenters. The largest absolute Gasteiger partial charge is 0.313 e. The molecule has 50 valence electrons. The van der Waals surface area contributed by atoms with Crippen LogP contribution in [0.2, 0.25) is 0 Å². The van der Waals surface area contributed by atoms with Crippen LogP contribution in [0.5, 0.6) is 0 Å². The summed E-state index contributed by atoms with van der Waals surface area (Å²) in [5.74, 6) is 0. The molecule has 4 heteroatoms. The van der Waals surface area contributed by atoms with Gasteiger partial charge in [-0.1, -0.05) is 0 Å². The van der Waals surface area contributed by atoms with Crippen molar-refractivity contribution in [1.29, 1.82) is 0 Å². The van der Waals surface area contributed by atoms with Crippen LogP contribution in [-0.4, -0.2) is 4.98 Å². The predicted octanol–water partition coefficient (Wildman–Crippen LogP) is 1.81. The third kappa shape index (κ3) is 1.97. The Bertz CT molecular complexity index is 187. The van der Waals surface area contributed by atoms with E-state index in [1.54, 1.807) is 17.5 Å². The van der Waals surface area contributed by atoms with Gasteiger partial charge in [-0.15, -0.1) is 11.3 Å². The molecule has 0 radical (unpaired) electrons. The number of aromatic nitrogens is 1. The Labute approximate surface area is 63.5 Å². The molecule has 0 saturated carbocycles. The highest BCUT2D eigenvalue weighted by Crippen LogP contribution is 2.12. The van der Waals surface area contributed by atoms with E-state index in [1.165, 1.54) is 0 Å². The number of nitrogens with zero attached hydrogens (tertiary/aromatic N) is 1. The molecule has 0 saturated heterocycles. The summed E-state index contributed by atoms with van der Waals surface area (Å²) in [5.41, 5.74) is 0. The summed E-state index contributed by atoms with van der Waals surface area (Å²) in [4.78, 5) is 5.15. The lowest BCUT2D eigenvalue weighted by molar-refractivity contribution is 0.376. The van der Waals surface area contributed by atoms with E-state index >= 15 is 0 Å². The molecule has 1 aromatic rings. The van der Waals surface area contributed by atoms with Crippen LogP contribution < -0.4 is 0 Å². The van der Waals surface area contributed by atoms with Gasteiger partial charge in [0.15, 0.2) is 0 Å². The Kier molecular flexibility index (Phi) is 2.50. The van der Waals surface area contributed by atoms with E-state index < -0.39 is 0 Å². The highest BCUT2D eigenvalue weighted by molar-refractivity contribution is 7.75. The standard InChI is InChI=1S/C5H7NOS2/c1-4-6-2-5(9-4)3-7-8/h2,8H,3H2,1H3. The van der Waals surface area contributed by atoms with E-state index in [1.807, 2.05) is 6.92 Å². The fourth-order valence-corrected chi connectivity index (χ4v) is 1.47. The summed E-state index contributed by atoms with van der Waals surface area (Å²) in [6.07, 6.45) is 1.80. The highest BCUT2D eigenvalue weighted by Gasteiger charge is 1.94. The third-order valence-electron chi connectivity index (χ3n) is 0.876. The lowest BCUT2D eigenvalue weighted by Crippen LogP contribution is -1.74. The van der Waals surface area contributed by atoms with Crippen LogP contribution in [0.25, 0.3) is 0 Å². The minimum absolute atomic E-state index is 0.550. The normalized spacial score (nSPS) is 10.0. The zero-order valence-electron chi connectivity index (χ0n) is 5.00. The first-order chi connectivity index (χ1) is 4.33. The van der Waals surface area contributed by atoms with Crippen LogP contribution in [0.1, 0.15) is 9.88 Å². The maximum atomic E-state index is 4.61. The van der Waals surface area contributed by atoms with Crippen molar-refractivity contribution in [2.24, 2.45) is 0 Å². The second-order valence-electron chi connectivity index (χ2n) is 1.62. The van der Waals surface area contributed by atoms with Crippen molar-refractivity contribution >= 4 is 24.2 Å². The molecule has 0 aliphatic rings. The van der Waals surface area contributed by atoms with Gasteiger partial charge >= 0.3 is 0 Å². The van der Waals surface area contributed by atoms with Crippen molar-refractivity contribution < 1.29 is 4.18 Å². The van der Waals surface area contributed by atoms with Gasteiger partial charge in [0, 0.05) is 6.20 Å². The van der Waals surface area contributed by atoms with Crippen LogP contribution in [0.3, 0.4) is 0 Å². The number of thiazole rings is 1. The summed E-state index contributed by atoms with van der Waals surface area (Å²) >= 11 is 5.25. The quantitative estimate of drug-likeness (QED) is 0.528. The van der Waals surface area contributed by atoms with Gasteiger partial charge in [-0.05, 0) is 19.8 Å². The molecule has 0 aliphatic heterocycles. The van der Waals surface area contributed by atoms with Crippen molar-refractivity contribution in [3.05, 3.63) is 16.1 Å². The first kappa shape index (κ1) is 7.05. The van der Waals surface area contributed by atoms with Gasteiger partial charge in [-0.2, -0.15) is 0 Å². The summed E-state index contributed by atoms with van der Waals surface area (Å²) in [7, 11) is 0. The van der Waals surface area contributed by atoms with E-state index in [-0.39, 0.29) is 0 Å². The van der Waals surface area contributed by atoms with Crippen LogP contribution in [0.4, 0.5) is 0 Å². The van der Waals surface area contributed by atoms with Gasteiger partial charge in [0.2, 0.25) is 0 Å². The van der Waals surface area contributed by atoms with Gasteiger partial charge in [0.1, 0.15) is 0 Å². The lowest BCUT2D eigenvalue weighted by Gasteiger charge is -1.86. The highest BCUT2D eigenvalue weighted by atomic mass is 32.1. The second kappa shape index (κ2) is 3.20. The SMILES string of the molecule is Cc1ncc(COS)s1. The molecule has 0 unspecified atom stereocenters. The van der Waals surface area contributed by atoms with Gasteiger partial charge in [-0.3, -0.25) is 0 Å². The summed E-state index contributed by atoms with van der Waals surface area (Å²) < 4.78 is 4.61. The zero-order valence-corrected chi connectivity index (χ0v) is 6.71. The zero-order chi connectivity index (χ0) is 6.69. The second-order valence-corrected chi connectivity index (χ2v) is 3.20. The molecule has 0 spiro atoms. The van der Waals surface area contributed by atoms with Gasteiger partial charge in [-0.25, -0.2) is 4.98 Å². The fourth-order valence-electron chi connectivity index (χ4n) is 0.536. The predicted molar refractivity (Wildman–Crippen MR) is 40.6 cm³/mol. The van der Waals surface area contributed by atoms with Gasteiger partial charge in [0.25, 0.3) is 0 Å². The summed E-state index contributed by atoms with van der Waals surface area (Å²) in [6.45, 7) is 2.52. The molecular formula is C5H7NOS2. The number of rotatable bonds is 2. The minimum Gasteiger partial charge on any atom is -0.313 e. The maximum absolute atomic E-state index is 4.61. The first-order valence-corrected chi connectivity index (χ1v) is 3.69. The van der Waals surface area contributed by atoms with Crippen molar-refractivity contribution in [1.82, 2.24) is 4.98 Å². The Balaban J connectivity index is 2.61. The fraction of sp³-hybridized carbons (Fsp3) is 0.400. The Morgan fingerprint density at radius 3 is 3.11 bits per heavy atom. The van der Waals surface area contributed by atoms with Crippen LogP contribution >= 0.6 is 24.2 Å². The van der Waals surface area contributed by atoms with Crippen molar-refractivity contribution in [2.45, 2.75) is 13.5 Å². The molecule has 2 nitrogen and oxygen atoms in total. The Morgan fingerprint density at radius 1 is 1.89 bits per heavy atom. The average molecular weight is 161 g/mol.